The number of rotatable bonds is 7. The summed E-state index contributed by atoms with van der Waals surface area (Å²) in [5, 5.41) is 14.7. The number of amides is 1. The van der Waals surface area contributed by atoms with Crippen LogP contribution in [0.2, 0.25) is 0 Å². The van der Waals surface area contributed by atoms with E-state index in [0.717, 1.165) is 5.69 Å². The molecule has 0 aliphatic heterocycles. The van der Waals surface area contributed by atoms with E-state index in [1.54, 1.807) is 16.8 Å². The van der Waals surface area contributed by atoms with Gasteiger partial charge in [-0.1, -0.05) is 41.7 Å². The average molecular weight is 393 g/mol. The smallest absolute Gasteiger partial charge is 0.288 e. The Kier molecular flexibility index (Phi) is 6.18. The van der Waals surface area contributed by atoms with E-state index in [4.69, 9.17) is 0 Å². The highest BCUT2D eigenvalue weighted by atomic mass is 32.2. The van der Waals surface area contributed by atoms with Crippen LogP contribution in [0.3, 0.4) is 0 Å². The van der Waals surface area contributed by atoms with E-state index >= 15 is 0 Å². The predicted octanol–water partition coefficient (Wildman–Crippen LogP) is 3.71. The van der Waals surface area contributed by atoms with Crippen molar-refractivity contribution in [1.82, 2.24) is 20.2 Å². The van der Waals surface area contributed by atoms with Crippen LogP contribution >= 0.6 is 23.5 Å². The van der Waals surface area contributed by atoms with Gasteiger partial charge in [-0.2, -0.15) is 13.5 Å². The van der Waals surface area contributed by atoms with Gasteiger partial charge in [0.05, 0.1) is 11.4 Å². The van der Waals surface area contributed by atoms with Gasteiger partial charge in [0.25, 0.3) is 5.76 Å². The third kappa shape index (κ3) is 5.02. The van der Waals surface area contributed by atoms with Gasteiger partial charge in [-0.15, -0.1) is 5.10 Å². The first-order chi connectivity index (χ1) is 12.6. The molecule has 1 aromatic heterocycles. The van der Waals surface area contributed by atoms with E-state index in [2.05, 4.69) is 20.8 Å². The quantitative estimate of drug-likeness (QED) is 0.617. The normalized spacial score (nSPS) is 10.9. The maximum Gasteiger partial charge on any atom is 0.288 e. The van der Waals surface area contributed by atoms with E-state index < -0.39 is 5.76 Å². The molecule has 6 nitrogen and oxygen atoms in total. The van der Waals surface area contributed by atoms with Crippen LogP contribution in [0.25, 0.3) is 5.69 Å². The molecule has 1 heterocycles. The highest BCUT2D eigenvalue weighted by molar-refractivity contribution is 8.00. The zero-order valence-electron chi connectivity index (χ0n) is 13.3. The minimum Gasteiger partial charge on any atom is -0.325 e. The van der Waals surface area contributed by atoms with Gasteiger partial charge in [0.15, 0.2) is 0 Å². The van der Waals surface area contributed by atoms with Crippen molar-refractivity contribution < 1.29 is 13.6 Å². The van der Waals surface area contributed by atoms with Crippen LogP contribution in [0.15, 0.2) is 64.6 Å². The number of alkyl halides is 2. The van der Waals surface area contributed by atoms with E-state index in [9.17, 15) is 13.6 Å². The predicted molar refractivity (Wildman–Crippen MR) is 96.8 cm³/mol. The standard InChI is InChI=1S/C16H13F2N5OS2/c17-15(18)26-13-8-6-11(7-9-13)19-14(24)10-25-16-20-21-22-23(16)12-4-2-1-3-5-12/h1-9,15H,10H2,(H,19,24). The van der Waals surface area contributed by atoms with E-state index in [-0.39, 0.29) is 11.7 Å². The molecule has 3 aromatic rings. The molecule has 3 rings (SSSR count). The maximum atomic E-state index is 12.3. The number of thioether (sulfide) groups is 2. The molecular weight excluding hydrogens is 380 g/mol. The lowest BCUT2D eigenvalue weighted by atomic mass is 10.3. The number of nitrogens with one attached hydrogen (secondary N) is 1. The van der Waals surface area contributed by atoms with Gasteiger partial charge in [-0.3, -0.25) is 4.79 Å². The lowest BCUT2D eigenvalue weighted by Crippen LogP contribution is -2.14. The van der Waals surface area contributed by atoms with Crippen molar-refractivity contribution in [2.45, 2.75) is 15.8 Å². The van der Waals surface area contributed by atoms with Gasteiger partial charge >= 0.3 is 0 Å². The molecule has 0 aliphatic rings. The van der Waals surface area contributed by atoms with Crippen molar-refractivity contribution in [1.29, 1.82) is 0 Å². The number of tetrazole rings is 1. The summed E-state index contributed by atoms with van der Waals surface area (Å²) >= 11 is 1.66. The third-order valence-corrected chi connectivity index (χ3v) is 4.78. The molecule has 1 N–H and O–H groups in total. The summed E-state index contributed by atoms with van der Waals surface area (Å²) in [7, 11) is 0. The highest BCUT2D eigenvalue weighted by Crippen LogP contribution is 2.26. The summed E-state index contributed by atoms with van der Waals surface area (Å²) in [5.41, 5.74) is 1.34. The SMILES string of the molecule is O=C(CSc1nnnn1-c1ccccc1)Nc1ccc(SC(F)F)cc1. The number of hydrogen-bond acceptors (Lipinski definition) is 6. The lowest BCUT2D eigenvalue weighted by Gasteiger charge is -2.07. The molecule has 1 amide bonds. The number of benzene rings is 2. The minimum absolute atomic E-state index is 0.112. The minimum atomic E-state index is -2.47. The van der Waals surface area contributed by atoms with E-state index in [0.29, 0.717) is 27.5 Å². The number of aromatic nitrogens is 4. The molecule has 0 atom stereocenters. The molecule has 0 saturated heterocycles. The van der Waals surface area contributed by atoms with E-state index in [1.807, 2.05) is 30.3 Å². The Morgan fingerprint density at radius 2 is 1.85 bits per heavy atom. The molecule has 0 aliphatic carbocycles. The Balaban J connectivity index is 1.56. The number of hydrogen-bond donors (Lipinski definition) is 1. The number of carbonyl (C=O) groups is 1. The van der Waals surface area contributed by atoms with Crippen LogP contribution in [0.1, 0.15) is 0 Å². The second kappa shape index (κ2) is 8.77. The molecule has 26 heavy (non-hydrogen) atoms. The maximum absolute atomic E-state index is 12.3. The largest absolute Gasteiger partial charge is 0.325 e. The number of carbonyl (C=O) groups excluding carboxylic acids is 1. The third-order valence-electron chi connectivity index (χ3n) is 3.14. The molecule has 0 radical (unpaired) electrons. The van der Waals surface area contributed by atoms with Crippen molar-refractivity contribution in [3.05, 3.63) is 54.6 Å². The Bertz CT molecular complexity index is 859. The van der Waals surface area contributed by atoms with Crippen LogP contribution < -0.4 is 5.32 Å². The summed E-state index contributed by atoms with van der Waals surface area (Å²) < 4.78 is 26.1. The van der Waals surface area contributed by atoms with E-state index in [1.165, 1.54) is 23.9 Å². The molecule has 0 bridgehead atoms. The number of anilines is 1. The lowest BCUT2D eigenvalue weighted by molar-refractivity contribution is -0.113. The summed E-state index contributed by atoms with van der Waals surface area (Å²) in [6.07, 6.45) is 0. The summed E-state index contributed by atoms with van der Waals surface area (Å²) in [4.78, 5) is 12.5. The topological polar surface area (TPSA) is 72.7 Å². The number of nitrogens with zero attached hydrogens (tertiary/aromatic N) is 4. The molecule has 0 fully saturated rings. The van der Waals surface area contributed by atoms with Crippen molar-refractivity contribution >= 4 is 35.1 Å². The van der Waals surface area contributed by atoms with Crippen LogP contribution in [0, 0.1) is 0 Å². The second-order valence-corrected chi connectivity index (χ2v) is 6.95. The Morgan fingerprint density at radius 3 is 2.54 bits per heavy atom. The van der Waals surface area contributed by atoms with Gasteiger partial charge in [0, 0.05) is 10.6 Å². The fourth-order valence-electron chi connectivity index (χ4n) is 2.05. The molecule has 0 spiro atoms. The zero-order chi connectivity index (χ0) is 18.4. The molecule has 2 aromatic carbocycles. The first kappa shape index (κ1) is 18.3. The van der Waals surface area contributed by atoms with Crippen molar-refractivity contribution in [2.24, 2.45) is 0 Å². The van der Waals surface area contributed by atoms with Gasteiger partial charge in [0.1, 0.15) is 0 Å². The zero-order valence-corrected chi connectivity index (χ0v) is 14.9. The summed E-state index contributed by atoms with van der Waals surface area (Å²) in [6.45, 7) is 0. The van der Waals surface area contributed by atoms with Gasteiger partial charge < -0.3 is 5.32 Å². The Hall–Kier alpha value is -2.46. The number of para-hydroxylation sites is 1. The molecular formula is C16H13F2N5OS2. The molecule has 0 unspecified atom stereocenters. The monoisotopic (exact) mass is 393 g/mol. The first-order valence-electron chi connectivity index (χ1n) is 7.43. The summed E-state index contributed by atoms with van der Waals surface area (Å²) in [6, 6.07) is 15.6. The molecule has 134 valence electrons. The van der Waals surface area contributed by atoms with Gasteiger partial charge in [0.2, 0.25) is 11.1 Å². The fourth-order valence-corrected chi connectivity index (χ4v) is 3.24. The first-order valence-corrected chi connectivity index (χ1v) is 9.29. The van der Waals surface area contributed by atoms with Gasteiger partial charge in [-0.05, 0) is 46.8 Å². The van der Waals surface area contributed by atoms with Crippen molar-refractivity contribution in [2.75, 3.05) is 11.1 Å². The summed E-state index contributed by atoms with van der Waals surface area (Å²) in [5.74, 6) is -2.60. The Morgan fingerprint density at radius 1 is 1.12 bits per heavy atom. The van der Waals surface area contributed by atoms with Crippen molar-refractivity contribution in [3.63, 3.8) is 0 Å². The van der Waals surface area contributed by atoms with Crippen LogP contribution in [0.5, 0.6) is 0 Å². The van der Waals surface area contributed by atoms with Crippen molar-refractivity contribution in [3.8, 4) is 5.69 Å². The van der Waals surface area contributed by atoms with Crippen LogP contribution in [-0.4, -0.2) is 37.6 Å². The molecule has 0 saturated carbocycles. The van der Waals surface area contributed by atoms with Gasteiger partial charge in [-0.25, -0.2) is 0 Å². The fraction of sp³-hybridized carbons (Fsp3) is 0.125. The Labute approximate surface area is 156 Å². The second-order valence-electron chi connectivity index (χ2n) is 4.95. The molecule has 10 heteroatoms. The van der Waals surface area contributed by atoms with Crippen LogP contribution in [-0.2, 0) is 4.79 Å². The average Bonchev–Trinajstić information content (AvgIpc) is 3.11. The number of halogens is 2. The highest BCUT2D eigenvalue weighted by Gasteiger charge is 2.12. The van der Waals surface area contributed by atoms with Crippen LogP contribution in [0.4, 0.5) is 14.5 Å².